The van der Waals surface area contributed by atoms with Crippen molar-refractivity contribution in [2.45, 2.75) is 6.92 Å². The van der Waals surface area contributed by atoms with Crippen LogP contribution >= 0.6 is 11.3 Å². The predicted octanol–water partition coefficient (Wildman–Crippen LogP) is 3.31. The Bertz CT molecular complexity index is 880. The standard InChI is InChI=1S/C16H13FN4O2S/c1-9-6-19-12(7-18-9)15(22)21-16-20-13(8-24-16)10-3-4-14(23-2)11(17)5-10/h3-8H,1-2H3,(H,20,21,22). The van der Waals surface area contributed by atoms with Gasteiger partial charge in [0.2, 0.25) is 0 Å². The number of hydrogen-bond donors (Lipinski definition) is 1. The largest absolute Gasteiger partial charge is 0.494 e. The zero-order chi connectivity index (χ0) is 17.1. The minimum Gasteiger partial charge on any atom is -0.494 e. The van der Waals surface area contributed by atoms with E-state index >= 15 is 0 Å². The van der Waals surface area contributed by atoms with Crippen molar-refractivity contribution in [2.75, 3.05) is 12.4 Å². The van der Waals surface area contributed by atoms with Crippen molar-refractivity contribution in [3.8, 4) is 17.0 Å². The minimum atomic E-state index is -0.469. The van der Waals surface area contributed by atoms with Crippen molar-refractivity contribution in [2.24, 2.45) is 0 Å². The molecule has 122 valence electrons. The number of nitrogens with one attached hydrogen (secondary N) is 1. The molecule has 3 rings (SSSR count). The van der Waals surface area contributed by atoms with Gasteiger partial charge in [-0.15, -0.1) is 11.3 Å². The van der Waals surface area contributed by atoms with Crippen LogP contribution in [-0.2, 0) is 0 Å². The Hall–Kier alpha value is -2.87. The third-order valence-corrected chi connectivity index (χ3v) is 3.94. The molecular weight excluding hydrogens is 331 g/mol. The van der Waals surface area contributed by atoms with Crippen LogP contribution in [-0.4, -0.2) is 28.0 Å². The fourth-order valence-corrected chi connectivity index (χ4v) is 2.68. The Morgan fingerprint density at radius 3 is 2.79 bits per heavy atom. The van der Waals surface area contributed by atoms with Gasteiger partial charge in [-0.1, -0.05) is 0 Å². The van der Waals surface area contributed by atoms with Gasteiger partial charge in [-0.05, 0) is 25.1 Å². The second-order valence-corrected chi connectivity index (χ2v) is 5.74. The zero-order valence-electron chi connectivity index (χ0n) is 12.9. The first-order chi connectivity index (χ1) is 11.6. The van der Waals surface area contributed by atoms with Crippen LogP contribution in [0, 0.1) is 12.7 Å². The van der Waals surface area contributed by atoms with Crippen molar-refractivity contribution >= 4 is 22.4 Å². The molecule has 0 fully saturated rings. The second-order valence-electron chi connectivity index (χ2n) is 4.88. The quantitative estimate of drug-likeness (QED) is 0.786. The number of aryl methyl sites for hydroxylation is 1. The van der Waals surface area contributed by atoms with Gasteiger partial charge in [-0.3, -0.25) is 15.1 Å². The molecule has 0 saturated carbocycles. The summed E-state index contributed by atoms with van der Waals surface area (Å²) < 4.78 is 18.7. The lowest BCUT2D eigenvalue weighted by Crippen LogP contribution is -2.13. The molecule has 0 bridgehead atoms. The number of methoxy groups -OCH3 is 1. The van der Waals surface area contributed by atoms with Gasteiger partial charge in [0.25, 0.3) is 5.91 Å². The highest BCUT2D eigenvalue weighted by Crippen LogP contribution is 2.28. The first-order valence-corrected chi connectivity index (χ1v) is 7.84. The molecule has 8 heteroatoms. The van der Waals surface area contributed by atoms with Gasteiger partial charge < -0.3 is 4.74 Å². The van der Waals surface area contributed by atoms with E-state index < -0.39 is 11.7 Å². The number of carbonyl (C=O) groups is 1. The lowest BCUT2D eigenvalue weighted by Gasteiger charge is -2.03. The molecular formula is C16H13FN4O2S. The van der Waals surface area contributed by atoms with E-state index in [2.05, 4.69) is 20.3 Å². The van der Waals surface area contributed by atoms with E-state index in [4.69, 9.17) is 4.74 Å². The van der Waals surface area contributed by atoms with Gasteiger partial charge in [0, 0.05) is 17.1 Å². The molecule has 1 aromatic carbocycles. The van der Waals surface area contributed by atoms with E-state index in [1.807, 2.05) is 0 Å². The Morgan fingerprint density at radius 1 is 1.29 bits per heavy atom. The maximum Gasteiger partial charge on any atom is 0.277 e. The molecule has 1 amide bonds. The average molecular weight is 344 g/mol. The van der Waals surface area contributed by atoms with Gasteiger partial charge >= 0.3 is 0 Å². The third-order valence-electron chi connectivity index (χ3n) is 3.19. The second kappa shape index (κ2) is 6.71. The summed E-state index contributed by atoms with van der Waals surface area (Å²) in [4.78, 5) is 24.4. The summed E-state index contributed by atoms with van der Waals surface area (Å²) in [5.41, 5.74) is 2.09. The molecule has 0 aliphatic rings. The third kappa shape index (κ3) is 3.38. The number of carbonyl (C=O) groups excluding carboxylic acids is 1. The number of nitrogens with zero attached hydrogens (tertiary/aromatic N) is 3. The number of thiazole rings is 1. The number of amides is 1. The van der Waals surface area contributed by atoms with Crippen LogP contribution in [0.15, 0.2) is 36.0 Å². The number of ether oxygens (including phenoxy) is 1. The predicted molar refractivity (Wildman–Crippen MR) is 88.8 cm³/mol. The zero-order valence-corrected chi connectivity index (χ0v) is 13.7. The fraction of sp³-hybridized carbons (Fsp3) is 0.125. The van der Waals surface area contributed by atoms with E-state index in [1.165, 1.54) is 43.0 Å². The van der Waals surface area contributed by atoms with Crippen molar-refractivity contribution < 1.29 is 13.9 Å². The van der Waals surface area contributed by atoms with Crippen LogP contribution in [0.2, 0.25) is 0 Å². The number of benzene rings is 1. The Labute approximate surface area is 141 Å². The van der Waals surface area contributed by atoms with Crippen LogP contribution in [0.1, 0.15) is 16.2 Å². The number of halogens is 1. The van der Waals surface area contributed by atoms with E-state index in [9.17, 15) is 9.18 Å². The maximum absolute atomic E-state index is 13.8. The van der Waals surface area contributed by atoms with E-state index in [0.717, 1.165) is 5.69 Å². The van der Waals surface area contributed by atoms with Gasteiger partial charge in [0.1, 0.15) is 5.69 Å². The topological polar surface area (TPSA) is 77.0 Å². The lowest BCUT2D eigenvalue weighted by atomic mass is 10.1. The molecule has 0 spiro atoms. The first kappa shape index (κ1) is 16.0. The summed E-state index contributed by atoms with van der Waals surface area (Å²) in [6.07, 6.45) is 2.92. The highest BCUT2D eigenvalue weighted by atomic mass is 32.1. The van der Waals surface area contributed by atoms with Gasteiger partial charge in [0.15, 0.2) is 16.7 Å². The summed E-state index contributed by atoms with van der Waals surface area (Å²) in [6.45, 7) is 1.79. The van der Waals surface area contributed by atoms with E-state index in [1.54, 1.807) is 18.4 Å². The summed E-state index contributed by atoms with van der Waals surface area (Å²) in [7, 11) is 1.41. The van der Waals surface area contributed by atoms with Crippen molar-refractivity contribution in [3.05, 3.63) is 53.2 Å². The molecule has 2 heterocycles. The van der Waals surface area contributed by atoms with Gasteiger partial charge in [-0.2, -0.15) is 0 Å². The summed E-state index contributed by atoms with van der Waals surface area (Å²) in [6, 6.07) is 4.57. The van der Waals surface area contributed by atoms with E-state index in [0.29, 0.717) is 16.4 Å². The van der Waals surface area contributed by atoms with Crippen LogP contribution in [0.4, 0.5) is 9.52 Å². The molecule has 0 radical (unpaired) electrons. The Balaban J connectivity index is 1.77. The molecule has 2 aromatic heterocycles. The van der Waals surface area contributed by atoms with Gasteiger partial charge in [-0.25, -0.2) is 14.4 Å². The molecule has 0 unspecified atom stereocenters. The minimum absolute atomic E-state index is 0.167. The number of rotatable bonds is 4. The molecule has 1 N–H and O–H groups in total. The molecule has 3 aromatic rings. The monoisotopic (exact) mass is 344 g/mol. The maximum atomic E-state index is 13.8. The Morgan fingerprint density at radius 2 is 2.12 bits per heavy atom. The molecule has 0 atom stereocenters. The lowest BCUT2D eigenvalue weighted by molar-refractivity contribution is 0.102. The molecule has 6 nitrogen and oxygen atoms in total. The smallest absolute Gasteiger partial charge is 0.277 e. The van der Waals surface area contributed by atoms with Gasteiger partial charge in [0.05, 0.1) is 24.7 Å². The first-order valence-electron chi connectivity index (χ1n) is 6.96. The van der Waals surface area contributed by atoms with Crippen molar-refractivity contribution in [1.29, 1.82) is 0 Å². The average Bonchev–Trinajstić information content (AvgIpc) is 3.04. The van der Waals surface area contributed by atoms with Crippen LogP contribution < -0.4 is 10.1 Å². The highest BCUT2D eigenvalue weighted by molar-refractivity contribution is 7.14. The normalized spacial score (nSPS) is 10.5. The fourth-order valence-electron chi connectivity index (χ4n) is 1.96. The molecule has 0 saturated heterocycles. The van der Waals surface area contributed by atoms with Crippen LogP contribution in [0.5, 0.6) is 5.75 Å². The van der Waals surface area contributed by atoms with Crippen molar-refractivity contribution in [1.82, 2.24) is 15.0 Å². The molecule has 0 aliphatic heterocycles. The SMILES string of the molecule is COc1ccc(-c2csc(NC(=O)c3cnc(C)cn3)n2)cc1F. The summed E-state index contributed by atoms with van der Waals surface area (Å²) in [5, 5.41) is 4.78. The summed E-state index contributed by atoms with van der Waals surface area (Å²) in [5.74, 6) is -0.701. The number of aromatic nitrogens is 3. The Kier molecular flexibility index (Phi) is 4.48. The van der Waals surface area contributed by atoms with Crippen LogP contribution in [0.25, 0.3) is 11.3 Å². The van der Waals surface area contributed by atoms with E-state index in [-0.39, 0.29) is 11.4 Å². The molecule has 24 heavy (non-hydrogen) atoms. The summed E-state index contributed by atoms with van der Waals surface area (Å²) >= 11 is 1.24. The van der Waals surface area contributed by atoms with Crippen molar-refractivity contribution in [3.63, 3.8) is 0 Å². The molecule has 0 aliphatic carbocycles. The number of hydrogen-bond acceptors (Lipinski definition) is 6. The number of anilines is 1. The van der Waals surface area contributed by atoms with Crippen LogP contribution in [0.3, 0.4) is 0 Å². The highest BCUT2D eigenvalue weighted by Gasteiger charge is 2.12.